The first kappa shape index (κ1) is 15.7. The molecule has 3 rings (SSSR count). The summed E-state index contributed by atoms with van der Waals surface area (Å²) in [6, 6.07) is 17.2. The van der Waals surface area contributed by atoms with E-state index in [1.165, 1.54) is 12.1 Å². The van der Waals surface area contributed by atoms with Crippen LogP contribution in [0.15, 0.2) is 78.0 Å². The minimum Gasteiger partial charge on any atom is -0.376 e. The third kappa shape index (κ3) is 2.87. The molecule has 0 spiro atoms. The lowest BCUT2D eigenvalue weighted by Gasteiger charge is -2.31. The molecule has 0 radical (unpaired) electrons. The maximum absolute atomic E-state index is 13.3. The predicted molar refractivity (Wildman–Crippen MR) is 91.0 cm³/mol. The number of pyridine rings is 1. The van der Waals surface area contributed by atoms with Gasteiger partial charge in [-0.3, -0.25) is 4.98 Å². The van der Waals surface area contributed by atoms with Gasteiger partial charge in [-0.05, 0) is 35.6 Å². The van der Waals surface area contributed by atoms with Crippen LogP contribution < -0.4 is 0 Å². The van der Waals surface area contributed by atoms with Crippen molar-refractivity contribution in [2.75, 3.05) is 6.26 Å². The van der Waals surface area contributed by atoms with Crippen LogP contribution in [0.5, 0.6) is 0 Å². The van der Waals surface area contributed by atoms with Gasteiger partial charge in [0.25, 0.3) is 0 Å². The zero-order chi connectivity index (χ0) is 16.3. The smallest absolute Gasteiger partial charge is 0.143 e. The summed E-state index contributed by atoms with van der Waals surface area (Å²) in [4.78, 5) is 5.11. The highest BCUT2D eigenvalue weighted by Gasteiger charge is 2.35. The molecular formula is C19H16FNOS. The molecular weight excluding hydrogens is 309 g/mol. The summed E-state index contributed by atoms with van der Waals surface area (Å²) in [6.45, 7) is 0. The second kappa shape index (κ2) is 6.52. The van der Waals surface area contributed by atoms with Crippen LogP contribution >= 0.6 is 11.8 Å². The van der Waals surface area contributed by atoms with Gasteiger partial charge >= 0.3 is 0 Å². The number of hydrogen-bond acceptors (Lipinski definition) is 3. The van der Waals surface area contributed by atoms with Gasteiger partial charge in [-0.2, -0.15) is 0 Å². The fourth-order valence-electron chi connectivity index (χ4n) is 2.68. The van der Waals surface area contributed by atoms with Crippen molar-refractivity contribution in [3.63, 3.8) is 0 Å². The standard InChI is InChI=1S/C19H16FNOS/c1-23-18-11-12-21-13-17(18)19(22,14-5-3-2-4-6-14)15-7-9-16(20)10-8-15/h2-13,22H,1H3. The molecule has 1 aromatic heterocycles. The van der Waals surface area contributed by atoms with E-state index in [1.54, 1.807) is 36.3 Å². The maximum Gasteiger partial charge on any atom is 0.143 e. The van der Waals surface area contributed by atoms with Crippen molar-refractivity contribution in [3.05, 3.63) is 95.6 Å². The average molecular weight is 325 g/mol. The number of halogens is 1. The monoisotopic (exact) mass is 325 g/mol. The van der Waals surface area contributed by atoms with E-state index in [0.717, 1.165) is 10.5 Å². The Morgan fingerprint density at radius 2 is 1.61 bits per heavy atom. The Morgan fingerprint density at radius 3 is 2.26 bits per heavy atom. The summed E-state index contributed by atoms with van der Waals surface area (Å²) in [5, 5.41) is 11.7. The van der Waals surface area contributed by atoms with E-state index in [0.29, 0.717) is 11.1 Å². The Morgan fingerprint density at radius 1 is 0.957 bits per heavy atom. The van der Waals surface area contributed by atoms with E-state index < -0.39 is 5.60 Å². The van der Waals surface area contributed by atoms with Crippen LogP contribution in [0.25, 0.3) is 0 Å². The molecule has 0 aliphatic rings. The molecule has 2 aromatic carbocycles. The second-order valence-electron chi connectivity index (χ2n) is 5.16. The molecule has 0 fully saturated rings. The molecule has 0 aliphatic heterocycles. The third-order valence-corrected chi connectivity index (χ3v) is 4.64. The van der Waals surface area contributed by atoms with Crippen LogP contribution in [-0.2, 0) is 5.60 Å². The first-order valence-corrected chi connectivity index (χ1v) is 8.41. The van der Waals surface area contributed by atoms with Gasteiger partial charge in [-0.25, -0.2) is 4.39 Å². The molecule has 0 amide bonds. The van der Waals surface area contributed by atoms with Crippen molar-refractivity contribution in [2.45, 2.75) is 10.5 Å². The van der Waals surface area contributed by atoms with Crippen LogP contribution in [0.4, 0.5) is 4.39 Å². The van der Waals surface area contributed by atoms with E-state index in [-0.39, 0.29) is 5.82 Å². The Kier molecular flexibility index (Phi) is 4.46. The van der Waals surface area contributed by atoms with Crippen LogP contribution in [0.3, 0.4) is 0 Å². The van der Waals surface area contributed by atoms with Crippen LogP contribution in [-0.4, -0.2) is 16.3 Å². The molecule has 1 unspecified atom stereocenters. The fraction of sp³-hybridized carbons (Fsp3) is 0.105. The molecule has 0 saturated heterocycles. The van der Waals surface area contributed by atoms with Crippen molar-refractivity contribution in [3.8, 4) is 0 Å². The molecule has 1 N–H and O–H groups in total. The van der Waals surface area contributed by atoms with E-state index in [4.69, 9.17) is 0 Å². The van der Waals surface area contributed by atoms with Crippen molar-refractivity contribution in [1.82, 2.24) is 4.98 Å². The first-order chi connectivity index (χ1) is 11.2. The number of benzene rings is 2. The lowest BCUT2D eigenvalue weighted by atomic mass is 9.81. The molecule has 116 valence electrons. The summed E-state index contributed by atoms with van der Waals surface area (Å²) < 4.78 is 13.3. The molecule has 0 saturated carbocycles. The van der Waals surface area contributed by atoms with Gasteiger partial charge in [0, 0.05) is 22.9 Å². The zero-order valence-electron chi connectivity index (χ0n) is 12.6. The van der Waals surface area contributed by atoms with Gasteiger partial charge in [-0.1, -0.05) is 42.5 Å². The Labute approximate surface area is 139 Å². The second-order valence-corrected chi connectivity index (χ2v) is 6.01. The van der Waals surface area contributed by atoms with Crippen LogP contribution in [0.2, 0.25) is 0 Å². The van der Waals surface area contributed by atoms with E-state index in [1.807, 2.05) is 42.7 Å². The molecule has 1 heterocycles. The lowest BCUT2D eigenvalue weighted by molar-refractivity contribution is 0.122. The van der Waals surface area contributed by atoms with Crippen LogP contribution in [0, 0.1) is 5.82 Å². The highest BCUT2D eigenvalue weighted by Crippen LogP contribution is 2.40. The fourth-order valence-corrected chi connectivity index (χ4v) is 3.30. The van der Waals surface area contributed by atoms with Gasteiger partial charge in [0.15, 0.2) is 0 Å². The minimum atomic E-state index is -1.39. The van der Waals surface area contributed by atoms with E-state index in [9.17, 15) is 9.50 Å². The molecule has 3 aromatic rings. The van der Waals surface area contributed by atoms with Gasteiger partial charge < -0.3 is 5.11 Å². The normalized spacial score (nSPS) is 13.5. The van der Waals surface area contributed by atoms with Gasteiger partial charge in [-0.15, -0.1) is 11.8 Å². The molecule has 23 heavy (non-hydrogen) atoms. The van der Waals surface area contributed by atoms with Crippen molar-refractivity contribution in [2.24, 2.45) is 0 Å². The quantitative estimate of drug-likeness (QED) is 0.729. The number of aromatic nitrogens is 1. The summed E-state index contributed by atoms with van der Waals surface area (Å²) in [6.07, 6.45) is 5.32. The predicted octanol–water partition coefficient (Wildman–Crippen LogP) is 4.23. The van der Waals surface area contributed by atoms with Gasteiger partial charge in [0.2, 0.25) is 0 Å². The lowest BCUT2D eigenvalue weighted by Crippen LogP contribution is -2.29. The zero-order valence-corrected chi connectivity index (χ0v) is 13.4. The number of aliphatic hydroxyl groups is 1. The number of rotatable bonds is 4. The summed E-state index contributed by atoms with van der Waals surface area (Å²) >= 11 is 1.54. The average Bonchev–Trinajstić information content (AvgIpc) is 2.62. The van der Waals surface area contributed by atoms with Gasteiger partial charge in [0.1, 0.15) is 11.4 Å². The Balaban J connectivity index is 2.28. The molecule has 4 heteroatoms. The largest absolute Gasteiger partial charge is 0.376 e. The van der Waals surface area contributed by atoms with Crippen molar-refractivity contribution in [1.29, 1.82) is 0 Å². The Bertz CT molecular complexity index is 792. The minimum absolute atomic E-state index is 0.333. The maximum atomic E-state index is 13.3. The summed E-state index contributed by atoms with van der Waals surface area (Å²) in [5.41, 5.74) is 0.621. The van der Waals surface area contributed by atoms with Gasteiger partial charge in [0.05, 0.1) is 0 Å². The summed E-state index contributed by atoms with van der Waals surface area (Å²) in [7, 11) is 0. The van der Waals surface area contributed by atoms with E-state index >= 15 is 0 Å². The SMILES string of the molecule is CSc1ccncc1C(O)(c1ccccc1)c1ccc(F)cc1. The van der Waals surface area contributed by atoms with Crippen molar-refractivity contribution >= 4 is 11.8 Å². The Hall–Kier alpha value is -2.17. The molecule has 2 nitrogen and oxygen atoms in total. The number of hydrogen-bond donors (Lipinski definition) is 1. The first-order valence-electron chi connectivity index (χ1n) is 7.18. The highest BCUT2D eigenvalue weighted by atomic mass is 32.2. The van der Waals surface area contributed by atoms with Crippen molar-refractivity contribution < 1.29 is 9.50 Å². The van der Waals surface area contributed by atoms with E-state index in [2.05, 4.69) is 4.98 Å². The third-order valence-electron chi connectivity index (χ3n) is 3.84. The van der Waals surface area contributed by atoms with Crippen LogP contribution in [0.1, 0.15) is 16.7 Å². The topological polar surface area (TPSA) is 33.1 Å². The molecule has 1 atom stereocenters. The highest BCUT2D eigenvalue weighted by molar-refractivity contribution is 7.98. The molecule has 0 aliphatic carbocycles. The summed E-state index contributed by atoms with van der Waals surface area (Å²) in [5.74, 6) is -0.333. The number of thioether (sulfide) groups is 1. The molecule has 0 bridgehead atoms. The number of nitrogens with zero attached hydrogens (tertiary/aromatic N) is 1.